The van der Waals surface area contributed by atoms with E-state index in [9.17, 15) is 5.11 Å². The van der Waals surface area contributed by atoms with Gasteiger partial charge in [0, 0.05) is 13.1 Å². The van der Waals surface area contributed by atoms with E-state index in [1.54, 1.807) is 0 Å². The van der Waals surface area contributed by atoms with Gasteiger partial charge < -0.3 is 15.2 Å². The van der Waals surface area contributed by atoms with E-state index in [0.717, 1.165) is 55.1 Å². The number of rotatable bonds is 9. The maximum Gasteiger partial charge on any atom is 0.119 e. The Morgan fingerprint density at radius 1 is 1.08 bits per heavy atom. The van der Waals surface area contributed by atoms with Crippen LogP contribution in [0.25, 0.3) is 0 Å². The molecule has 4 saturated carbocycles. The molecule has 0 saturated heterocycles. The Bertz CT molecular complexity index is 547. The van der Waals surface area contributed by atoms with Gasteiger partial charge in [-0.05, 0) is 85.8 Å². The second-order valence-corrected chi connectivity index (χ2v) is 9.34. The third-order valence-corrected chi connectivity index (χ3v) is 7.03. The molecule has 5 rings (SSSR count). The van der Waals surface area contributed by atoms with Crippen molar-refractivity contribution in [1.82, 2.24) is 5.32 Å². The predicted molar refractivity (Wildman–Crippen MR) is 105 cm³/mol. The first-order valence-corrected chi connectivity index (χ1v) is 10.8. The average Bonchev–Trinajstić information content (AvgIpc) is 2.61. The molecule has 1 unspecified atom stereocenters. The van der Waals surface area contributed by atoms with E-state index in [1.165, 1.54) is 38.5 Å². The van der Waals surface area contributed by atoms with Crippen LogP contribution in [0.3, 0.4) is 0 Å². The molecule has 4 aliphatic carbocycles. The smallest absolute Gasteiger partial charge is 0.119 e. The summed E-state index contributed by atoms with van der Waals surface area (Å²) < 4.78 is 5.70. The molecular weight excluding hydrogens is 322 g/mol. The summed E-state index contributed by atoms with van der Waals surface area (Å²) in [7, 11) is 0. The zero-order valence-electron chi connectivity index (χ0n) is 16.3. The molecule has 4 bridgehead atoms. The molecule has 4 aliphatic rings. The summed E-state index contributed by atoms with van der Waals surface area (Å²) in [6, 6.07) is 7.96. The Morgan fingerprint density at radius 3 is 2.27 bits per heavy atom. The van der Waals surface area contributed by atoms with Crippen molar-refractivity contribution in [1.29, 1.82) is 0 Å². The number of hydrogen-bond acceptors (Lipinski definition) is 3. The quantitative estimate of drug-likeness (QED) is 0.629. The zero-order chi connectivity index (χ0) is 18.0. The molecule has 0 radical (unpaired) electrons. The molecule has 0 aromatic heterocycles. The van der Waals surface area contributed by atoms with Crippen molar-refractivity contribution in [2.45, 2.75) is 64.4 Å². The maximum absolute atomic E-state index is 10.5. The lowest BCUT2D eigenvalue weighted by molar-refractivity contribution is -0.0521. The van der Waals surface area contributed by atoms with E-state index in [2.05, 4.69) is 12.2 Å². The lowest BCUT2D eigenvalue weighted by atomic mass is 9.49. The highest BCUT2D eigenvalue weighted by Gasteiger charge is 2.50. The summed E-state index contributed by atoms with van der Waals surface area (Å²) in [4.78, 5) is 0. The molecule has 3 nitrogen and oxygen atoms in total. The van der Waals surface area contributed by atoms with Crippen LogP contribution in [0, 0.1) is 23.2 Å². The van der Waals surface area contributed by atoms with Crippen molar-refractivity contribution in [2.24, 2.45) is 23.2 Å². The van der Waals surface area contributed by atoms with Crippen LogP contribution in [0.2, 0.25) is 0 Å². The first kappa shape index (κ1) is 18.3. The lowest BCUT2D eigenvalue weighted by Gasteiger charge is -2.57. The standard InChI is InChI=1S/C23H35NO2/c1-2-3-8-26-21-6-4-20(5-7-21)22(25)15-24-16-23-12-17-9-18(13-23)11-19(10-17)14-23/h4-7,17-19,22,24-25H,2-3,8-16H2,1H3. The van der Waals surface area contributed by atoms with Crippen molar-refractivity contribution >= 4 is 0 Å². The van der Waals surface area contributed by atoms with Crippen molar-refractivity contribution in [3.8, 4) is 5.75 Å². The van der Waals surface area contributed by atoms with Gasteiger partial charge in [0.15, 0.2) is 0 Å². The maximum atomic E-state index is 10.5. The second-order valence-electron chi connectivity index (χ2n) is 9.34. The van der Waals surface area contributed by atoms with E-state index in [-0.39, 0.29) is 0 Å². The molecule has 1 aromatic carbocycles. The molecule has 26 heavy (non-hydrogen) atoms. The molecular formula is C23H35NO2. The zero-order valence-corrected chi connectivity index (χ0v) is 16.3. The second kappa shape index (κ2) is 7.90. The molecule has 4 fully saturated rings. The Balaban J connectivity index is 1.24. The van der Waals surface area contributed by atoms with Crippen LogP contribution in [-0.2, 0) is 0 Å². The molecule has 3 heteroatoms. The van der Waals surface area contributed by atoms with Gasteiger partial charge in [-0.15, -0.1) is 0 Å². The molecule has 0 aliphatic heterocycles. The Labute approximate surface area is 158 Å². The number of nitrogens with one attached hydrogen (secondary N) is 1. The SMILES string of the molecule is CCCCOc1ccc(C(O)CNCC23CC4CC(CC(C4)C2)C3)cc1. The molecule has 0 spiro atoms. The van der Waals surface area contributed by atoms with Crippen molar-refractivity contribution in [3.05, 3.63) is 29.8 Å². The topological polar surface area (TPSA) is 41.5 Å². The van der Waals surface area contributed by atoms with E-state index in [4.69, 9.17) is 4.74 Å². The van der Waals surface area contributed by atoms with Crippen molar-refractivity contribution < 1.29 is 9.84 Å². The average molecular weight is 358 g/mol. The van der Waals surface area contributed by atoms with Gasteiger partial charge in [-0.2, -0.15) is 0 Å². The molecule has 0 amide bonds. The summed E-state index contributed by atoms with van der Waals surface area (Å²) in [6.07, 6.45) is 10.5. The summed E-state index contributed by atoms with van der Waals surface area (Å²) >= 11 is 0. The molecule has 2 N–H and O–H groups in total. The minimum atomic E-state index is -0.436. The largest absolute Gasteiger partial charge is 0.494 e. The van der Waals surface area contributed by atoms with Crippen molar-refractivity contribution in [3.63, 3.8) is 0 Å². The van der Waals surface area contributed by atoms with Gasteiger partial charge in [0.25, 0.3) is 0 Å². The van der Waals surface area contributed by atoms with E-state index in [0.29, 0.717) is 12.0 Å². The first-order chi connectivity index (χ1) is 12.7. The Kier molecular flexibility index (Phi) is 5.56. The first-order valence-electron chi connectivity index (χ1n) is 10.8. The number of aliphatic hydroxyl groups is 1. The Morgan fingerprint density at radius 2 is 1.69 bits per heavy atom. The van der Waals surface area contributed by atoms with Crippen LogP contribution in [0.5, 0.6) is 5.75 Å². The van der Waals surface area contributed by atoms with Crippen LogP contribution in [0.1, 0.15) is 70.0 Å². The van der Waals surface area contributed by atoms with Crippen LogP contribution >= 0.6 is 0 Å². The van der Waals surface area contributed by atoms with Crippen molar-refractivity contribution in [2.75, 3.05) is 19.7 Å². The summed E-state index contributed by atoms with van der Waals surface area (Å²) in [6.45, 7) is 4.67. The molecule has 144 valence electrons. The predicted octanol–water partition coefficient (Wildman–Crippen LogP) is 4.70. The van der Waals surface area contributed by atoms with Gasteiger partial charge in [-0.1, -0.05) is 25.5 Å². The molecule has 1 aromatic rings. The fourth-order valence-electron chi connectivity index (χ4n) is 6.22. The fraction of sp³-hybridized carbons (Fsp3) is 0.739. The summed E-state index contributed by atoms with van der Waals surface area (Å²) in [5, 5.41) is 14.2. The normalized spacial score (nSPS) is 33.4. The number of hydrogen-bond donors (Lipinski definition) is 2. The molecule has 1 atom stereocenters. The number of benzene rings is 1. The number of ether oxygens (including phenoxy) is 1. The van der Waals surface area contributed by atoms with Gasteiger partial charge >= 0.3 is 0 Å². The van der Waals surface area contributed by atoms with E-state index < -0.39 is 6.10 Å². The monoisotopic (exact) mass is 357 g/mol. The van der Waals surface area contributed by atoms with Gasteiger partial charge in [-0.25, -0.2) is 0 Å². The third kappa shape index (κ3) is 4.09. The number of aliphatic hydroxyl groups excluding tert-OH is 1. The van der Waals surface area contributed by atoms with Crippen LogP contribution in [0.15, 0.2) is 24.3 Å². The highest BCUT2D eigenvalue weighted by atomic mass is 16.5. The van der Waals surface area contributed by atoms with Crippen LogP contribution < -0.4 is 10.1 Å². The number of unbranched alkanes of at least 4 members (excludes halogenated alkanes) is 1. The Hall–Kier alpha value is -1.06. The van der Waals surface area contributed by atoms with E-state index in [1.807, 2.05) is 24.3 Å². The highest BCUT2D eigenvalue weighted by Crippen LogP contribution is 2.59. The van der Waals surface area contributed by atoms with Gasteiger partial charge in [0.1, 0.15) is 5.75 Å². The minimum Gasteiger partial charge on any atom is -0.494 e. The molecule has 0 heterocycles. The lowest BCUT2D eigenvalue weighted by Crippen LogP contribution is -2.50. The van der Waals surface area contributed by atoms with Gasteiger partial charge in [-0.3, -0.25) is 0 Å². The third-order valence-electron chi connectivity index (χ3n) is 7.03. The van der Waals surface area contributed by atoms with Crippen LogP contribution in [-0.4, -0.2) is 24.8 Å². The minimum absolute atomic E-state index is 0.436. The highest BCUT2D eigenvalue weighted by molar-refractivity contribution is 5.28. The summed E-state index contributed by atoms with van der Waals surface area (Å²) in [5.74, 6) is 3.88. The van der Waals surface area contributed by atoms with Gasteiger partial charge in [0.05, 0.1) is 12.7 Å². The fourth-order valence-corrected chi connectivity index (χ4v) is 6.22. The van der Waals surface area contributed by atoms with Crippen LogP contribution in [0.4, 0.5) is 0 Å². The van der Waals surface area contributed by atoms with E-state index >= 15 is 0 Å². The summed E-state index contributed by atoms with van der Waals surface area (Å²) in [5.41, 5.74) is 1.51. The van der Waals surface area contributed by atoms with Gasteiger partial charge in [0.2, 0.25) is 0 Å².